The first kappa shape index (κ1) is 28.4. The van der Waals surface area contributed by atoms with E-state index >= 15 is 0 Å². The Hall–Kier alpha value is -3.57. The van der Waals surface area contributed by atoms with Crippen LogP contribution in [0, 0.1) is 5.82 Å². The van der Waals surface area contributed by atoms with Gasteiger partial charge in [0.1, 0.15) is 11.6 Å². The van der Waals surface area contributed by atoms with Crippen LogP contribution in [0.4, 0.5) is 10.1 Å². The second kappa shape index (κ2) is 12.5. The zero-order valence-corrected chi connectivity index (χ0v) is 24.5. The van der Waals surface area contributed by atoms with Crippen LogP contribution in [0.2, 0.25) is 0 Å². The van der Waals surface area contributed by atoms with E-state index in [4.69, 9.17) is 14.5 Å². The summed E-state index contributed by atoms with van der Waals surface area (Å²) >= 11 is 6.86. The van der Waals surface area contributed by atoms with Gasteiger partial charge < -0.3 is 14.8 Å². The quantitative estimate of drug-likeness (QED) is 0.208. The summed E-state index contributed by atoms with van der Waals surface area (Å²) in [6, 6.07) is 14.6. The summed E-state index contributed by atoms with van der Waals surface area (Å²) in [6.07, 6.45) is 2.20. The molecule has 0 fully saturated rings. The number of nitrogens with one attached hydrogen (secondary N) is 1. The van der Waals surface area contributed by atoms with E-state index in [9.17, 15) is 14.0 Å². The monoisotopic (exact) mass is 658 g/mol. The zero-order chi connectivity index (χ0) is 28.1. The molecule has 4 rings (SSSR count). The van der Waals surface area contributed by atoms with Crippen LogP contribution >= 0.6 is 31.9 Å². The van der Waals surface area contributed by atoms with Crippen molar-refractivity contribution in [1.29, 1.82) is 0 Å². The second-order valence-corrected chi connectivity index (χ2v) is 10.5. The smallest absolute Gasteiger partial charge is 0.282 e. The number of anilines is 1. The van der Waals surface area contributed by atoms with Gasteiger partial charge in [-0.05, 0) is 48.9 Å². The highest BCUT2D eigenvalue weighted by Gasteiger charge is 2.18. The van der Waals surface area contributed by atoms with E-state index in [1.165, 1.54) is 36.2 Å². The minimum atomic E-state index is -0.562. The molecule has 1 heterocycles. The molecule has 0 spiro atoms. The molecule has 0 radical (unpaired) electrons. The van der Waals surface area contributed by atoms with Crippen LogP contribution in [-0.2, 0) is 4.79 Å². The van der Waals surface area contributed by atoms with Crippen molar-refractivity contribution in [2.24, 2.45) is 5.10 Å². The maximum Gasteiger partial charge on any atom is 0.282 e. The zero-order valence-electron chi connectivity index (χ0n) is 21.4. The molecule has 4 aromatic rings. The number of para-hydroxylation sites is 1. The largest absolute Gasteiger partial charge is 0.493 e. The van der Waals surface area contributed by atoms with Crippen LogP contribution < -0.4 is 20.3 Å². The highest BCUT2D eigenvalue weighted by molar-refractivity contribution is 9.10. The Morgan fingerprint density at radius 2 is 1.95 bits per heavy atom. The fourth-order valence-corrected chi connectivity index (χ4v) is 4.59. The fraction of sp³-hybridized carbons (Fsp3) is 0.214. The number of ether oxygens (including phenoxy) is 2. The fourth-order valence-electron chi connectivity index (χ4n) is 3.78. The molecule has 39 heavy (non-hydrogen) atoms. The maximum absolute atomic E-state index is 13.9. The van der Waals surface area contributed by atoms with E-state index in [-0.39, 0.29) is 22.9 Å². The lowest BCUT2D eigenvalue weighted by molar-refractivity contribution is -0.118. The Balaban J connectivity index is 1.71. The number of methoxy groups -OCH3 is 1. The maximum atomic E-state index is 13.9. The summed E-state index contributed by atoms with van der Waals surface area (Å²) in [4.78, 5) is 30.7. The van der Waals surface area contributed by atoms with Gasteiger partial charge in [0.2, 0.25) is 0 Å². The number of amides is 1. The molecule has 0 saturated heterocycles. The molecule has 0 unspecified atom stereocenters. The molecule has 1 atom stereocenters. The van der Waals surface area contributed by atoms with E-state index < -0.39 is 18.3 Å². The second-order valence-electron chi connectivity index (χ2n) is 8.65. The molecular formula is C28H25Br2FN4O4. The van der Waals surface area contributed by atoms with Crippen molar-refractivity contribution in [2.75, 3.05) is 19.0 Å². The SMILES string of the molecule is CC[C@@H](C)c1nc2ccc(Br)cc2c(=O)n1N=Cc1cc(Br)cc(OC)c1OCC(=O)Nc1ccccc1F. The van der Waals surface area contributed by atoms with Gasteiger partial charge in [0, 0.05) is 20.4 Å². The summed E-state index contributed by atoms with van der Waals surface area (Å²) in [6.45, 7) is 3.56. The predicted octanol–water partition coefficient (Wildman–Crippen LogP) is 6.48. The first-order chi connectivity index (χ1) is 18.7. The summed E-state index contributed by atoms with van der Waals surface area (Å²) in [5, 5.41) is 7.40. The van der Waals surface area contributed by atoms with Gasteiger partial charge in [-0.1, -0.05) is 57.8 Å². The Bertz CT molecular complexity index is 1620. The van der Waals surface area contributed by atoms with Crippen LogP contribution in [0.5, 0.6) is 11.5 Å². The number of fused-ring (bicyclic) bond motifs is 1. The lowest BCUT2D eigenvalue weighted by Crippen LogP contribution is -2.24. The molecule has 1 aromatic heterocycles. The third-order valence-corrected chi connectivity index (χ3v) is 6.91. The Kier molecular flexibility index (Phi) is 9.13. The normalized spacial score (nSPS) is 12.1. The number of carbonyl (C=O) groups is 1. The van der Waals surface area contributed by atoms with Crippen molar-refractivity contribution < 1.29 is 18.7 Å². The van der Waals surface area contributed by atoms with Gasteiger partial charge in [-0.25, -0.2) is 9.37 Å². The topological polar surface area (TPSA) is 94.8 Å². The number of halogens is 3. The predicted molar refractivity (Wildman–Crippen MR) is 157 cm³/mol. The molecule has 1 amide bonds. The van der Waals surface area contributed by atoms with Crippen molar-refractivity contribution in [2.45, 2.75) is 26.2 Å². The summed E-state index contributed by atoms with van der Waals surface area (Å²) in [5.41, 5.74) is 0.750. The van der Waals surface area contributed by atoms with Crippen LogP contribution in [0.25, 0.3) is 10.9 Å². The van der Waals surface area contributed by atoms with Crippen LogP contribution in [-0.4, -0.2) is 35.5 Å². The number of rotatable bonds is 9. The van der Waals surface area contributed by atoms with E-state index in [1.807, 2.05) is 19.9 Å². The molecule has 0 aliphatic rings. The number of nitrogens with zero attached hydrogens (tertiary/aromatic N) is 3. The molecule has 0 bridgehead atoms. The number of hydrogen-bond acceptors (Lipinski definition) is 6. The average Bonchev–Trinajstić information content (AvgIpc) is 2.92. The van der Waals surface area contributed by atoms with Crippen LogP contribution in [0.1, 0.15) is 37.6 Å². The average molecular weight is 660 g/mol. The molecule has 3 aromatic carbocycles. The third kappa shape index (κ3) is 6.54. The van der Waals surface area contributed by atoms with Crippen molar-refractivity contribution in [1.82, 2.24) is 9.66 Å². The summed E-state index contributed by atoms with van der Waals surface area (Å²) < 4.78 is 27.9. The van der Waals surface area contributed by atoms with Gasteiger partial charge in [0.25, 0.3) is 11.5 Å². The van der Waals surface area contributed by atoms with Crippen molar-refractivity contribution in [3.05, 3.63) is 91.1 Å². The van der Waals surface area contributed by atoms with Crippen molar-refractivity contribution in [3.8, 4) is 11.5 Å². The molecular weight excluding hydrogens is 635 g/mol. The highest BCUT2D eigenvalue weighted by Crippen LogP contribution is 2.34. The number of hydrogen-bond donors (Lipinski definition) is 1. The Morgan fingerprint density at radius 3 is 2.67 bits per heavy atom. The third-order valence-electron chi connectivity index (χ3n) is 5.96. The van der Waals surface area contributed by atoms with E-state index in [1.54, 1.807) is 30.3 Å². The molecule has 0 aliphatic carbocycles. The number of aromatic nitrogens is 2. The number of benzene rings is 3. The van der Waals surface area contributed by atoms with Crippen molar-refractivity contribution >= 4 is 60.6 Å². The minimum Gasteiger partial charge on any atom is -0.493 e. The lowest BCUT2D eigenvalue weighted by atomic mass is 10.1. The molecule has 8 nitrogen and oxygen atoms in total. The summed E-state index contributed by atoms with van der Waals surface area (Å²) in [7, 11) is 1.46. The first-order valence-electron chi connectivity index (χ1n) is 12.0. The van der Waals surface area contributed by atoms with E-state index in [2.05, 4.69) is 42.3 Å². The summed E-state index contributed by atoms with van der Waals surface area (Å²) in [5.74, 6) is -0.0895. The van der Waals surface area contributed by atoms with E-state index in [0.717, 1.165) is 10.9 Å². The Morgan fingerprint density at radius 1 is 1.18 bits per heavy atom. The molecule has 202 valence electrons. The molecule has 0 aliphatic heterocycles. The molecule has 0 saturated carbocycles. The number of carbonyl (C=O) groups excluding carboxylic acids is 1. The first-order valence-corrected chi connectivity index (χ1v) is 13.6. The van der Waals surface area contributed by atoms with Crippen LogP contribution in [0.15, 0.2) is 73.4 Å². The van der Waals surface area contributed by atoms with Gasteiger partial charge in [-0.15, -0.1) is 0 Å². The highest BCUT2D eigenvalue weighted by atomic mass is 79.9. The Labute approximate surface area is 241 Å². The molecule has 11 heteroatoms. The minimum absolute atomic E-state index is 0.0438. The van der Waals surface area contributed by atoms with Gasteiger partial charge in [-0.2, -0.15) is 9.78 Å². The van der Waals surface area contributed by atoms with Crippen molar-refractivity contribution in [3.63, 3.8) is 0 Å². The van der Waals surface area contributed by atoms with Gasteiger partial charge in [0.15, 0.2) is 18.1 Å². The van der Waals surface area contributed by atoms with Crippen LogP contribution in [0.3, 0.4) is 0 Å². The van der Waals surface area contributed by atoms with Gasteiger partial charge >= 0.3 is 0 Å². The van der Waals surface area contributed by atoms with E-state index in [0.29, 0.717) is 32.5 Å². The molecule has 1 N–H and O–H groups in total. The lowest BCUT2D eigenvalue weighted by Gasteiger charge is -2.15. The van der Waals surface area contributed by atoms with Gasteiger partial charge in [0.05, 0.1) is 29.9 Å². The van der Waals surface area contributed by atoms with Gasteiger partial charge in [-0.3, -0.25) is 9.59 Å². The standard InChI is InChI=1S/C28H25Br2FN4O4/c1-4-16(2)27-34-22-10-9-18(29)12-20(22)28(37)35(27)32-14-17-11-19(30)13-24(38-3)26(17)39-15-25(36)33-23-8-6-5-7-21(23)31/h5-14,16H,4,15H2,1-3H3,(H,33,36)/t16-/m1/s1.